The van der Waals surface area contributed by atoms with E-state index in [1.54, 1.807) is 0 Å². The average molecular weight is 224 g/mol. The van der Waals surface area contributed by atoms with E-state index in [1.807, 2.05) is 0 Å². The molecule has 92 valence electrons. The Morgan fingerprint density at radius 2 is 1.88 bits per heavy atom. The molecular formula is C13H24N2O. The Morgan fingerprint density at radius 1 is 1.12 bits per heavy atom. The molecular weight excluding hydrogens is 200 g/mol. The molecule has 3 nitrogen and oxygen atoms in total. The van der Waals surface area contributed by atoms with Crippen molar-refractivity contribution in [1.82, 2.24) is 10.6 Å². The van der Waals surface area contributed by atoms with Crippen LogP contribution in [0, 0.1) is 11.8 Å². The Kier molecular flexibility index (Phi) is 3.85. The third-order valence-electron chi connectivity index (χ3n) is 4.25. The molecule has 1 amide bonds. The van der Waals surface area contributed by atoms with Gasteiger partial charge in [0.2, 0.25) is 5.91 Å². The SMILES string of the molecule is CC1CCCCC1NC(=O)C1NCCC1C. The largest absolute Gasteiger partial charge is 0.352 e. The second-order valence-electron chi connectivity index (χ2n) is 5.57. The van der Waals surface area contributed by atoms with Crippen LogP contribution in [0.2, 0.25) is 0 Å². The molecule has 0 aromatic rings. The number of carbonyl (C=O) groups excluding carboxylic acids is 1. The van der Waals surface area contributed by atoms with E-state index in [0.29, 0.717) is 17.9 Å². The summed E-state index contributed by atoms with van der Waals surface area (Å²) in [5.74, 6) is 1.36. The van der Waals surface area contributed by atoms with Crippen molar-refractivity contribution in [3.63, 3.8) is 0 Å². The minimum atomic E-state index is 0.0501. The molecule has 2 rings (SSSR count). The predicted octanol–water partition coefficient (Wildman–Crippen LogP) is 1.68. The van der Waals surface area contributed by atoms with Gasteiger partial charge in [-0.25, -0.2) is 0 Å². The molecule has 1 saturated heterocycles. The highest BCUT2D eigenvalue weighted by Gasteiger charge is 2.31. The molecule has 1 aliphatic carbocycles. The number of hydrogen-bond acceptors (Lipinski definition) is 2. The fourth-order valence-electron chi connectivity index (χ4n) is 2.99. The predicted molar refractivity (Wildman–Crippen MR) is 65.1 cm³/mol. The molecule has 3 heteroatoms. The van der Waals surface area contributed by atoms with Gasteiger partial charge in [0, 0.05) is 6.04 Å². The van der Waals surface area contributed by atoms with Gasteiger partial charge in [-0.05, 0) is 37.6 Å². The molecule has 4 atom stereocenters. The highest BCUT2D eigenvalue weighted by atomic mass is 16.2. The van der Waals surface area contributed by atoms with Gasteiger partial charge < -0.3 is 10.6 Å². The van der Waals surface area contributed by atoms with Crippen molar-refractivity contribution in [1.29, 1.82) is 0 Å². The first-order chi connectivity index (χ1) is 7.68. The maximum atomic E-state index is 12.1. The fraction of sp³-hybridized carbons (Fsp3) is 0.923. The molecule has 4 unspecified atom stereocenters. The topological polar surface area (TPSA) is 41.1 Å². The van der Waals surface area contributed by atoms with Crippen molar-refractivity contribution in [2.45, 2.75) is 58.0 Å². The summed E-state index contributed by atoms with van der Waals surface area (Å²) in [5.41, 5.74) is 0. The lowest BCUT2D eigenvalue weighted by Crippen LogP contribution is -2.49. The van der Waals surface area contributed by atoms with Crippen molar-refractivity contribution in [3.8, 4) is 0 Å². The van der Waals surface area contributed by atoms with Gasteiger partial charge >= 0.3 is 0 Å². The van der Waals surface area contributed by atoms with E-state index in [0.717, 1.165) is 19.4 Å². The van der Waals surface area contributed by atoms with Crippen LogP contribution >= 0.6 is 0 Å². The fourth-order valence-corrected chi connectivity index (χ4v) is 2.99. The maximum Gasteiger partial charge on any atom is 0.237 e. The van der Waals surface area contributed by atoms with Crippen molar-refractivity contribution in [2.24, 2.45) is 11.8 Å². The summed E-state index contributed by atoms with van der Waals surface area (Å²) < 4.78 is 0. The zero-order valence-electron chi connectivity index (χ0n) is 10.5. The molecule has 0 aromatic heterocycles. The molecule has 0 bridgehead atoms. The summed E-state index contributed by atoms with van der Waals surface area (Å²) in [6.45, 7) is 5.41. The normalized spacial score (nSPS) is 39.6. The van der Waals surface area contributed by atoms with E-state index in [-0.39, 0.29) is 11.9 Å². The lowest BCUT2D eigenvalue weighted by atomic mass is 9.85. The van der Waals surface area contributed by atoms with Gasteiger partial charge in [0.1, 0.15) is 0 Å². The van der Waals surface area contributed by atoms with Crippen LogP contribution in [0.4, 0.5) is 0 Å². The van der Waals surface area contributed by atoms with Gasteiger partial charge in [-0.1, -0.05) is 26.7 Å². The lowest BCUT2D eigenvalue weighted by Gasteiger charge is -2.31. The Morgan fingerprint density at radius 3 is 2.50 bits per heavy atom. The quantitative estimate of drug-likeness (QED) is 0.749. The first kappa shape index (κ1) is 11.9. The molecule has 0 spiro atoms. The highest BCUT2D eigenvalue weighted by molar-refractivity contribution is 5.82. The highest BCUT2D eigenvalue weighted by Crippen LogP contribution is 2.24. The maximum absolute atomic E-state index is 12.1. The minimum absolute atomic E-state index is 0.0501. The Labute approximate surface area is 98.4 Å². The Bertz CT molecular complexity index is 254. The van der Waals surface area contributed by atoms with E-state index in [4.69, 9.17) is 0 Å². The van der Waals surface area contributed by atoms with E-state index in [9.17, 15) is 4.79 Å². The van der Waals surface area contributed by atoms with Gasteiger partial charge in [-0.3, -0.25) is 4.79 Å². The van der Waals surface area contributed by atoms with Crippen LogP contribution in [0.3, 0.4) is 0 Å². The van der Waals surface area contributed by atoms with Crippen LogP contribution in [0.1, 0.15) is 46.0 Å². The smallest absolute Gasteiger partial charge is 0.237 e. The Hall–Kier alpha value is -0.570. The second kappa shape index (κ2) is 5.17. The van der Waals surface area contributed by atoms with E-state index >= 15 is 0 Å². The molecule has 16 heavy (non-hydrogen) atoms. The molecule has 1 aliphatic heterocycles. The van der Waals surface area contributed by atoms with Gasteiger partial charge in [0.15, 0.2) is 0 Å². The first-order valence-electron chi connectivity index (χ1n) is 6.72. The Balaban J connectivity index is 1.86. The number of carbonyl (C=O) groups is 1. The molecule has 0 aromatic carbocycles. The number of rotatable bonds is 2. The third-order valence-corrected chi connectivity index (χ3v) is 4.25. The minimum Gasteiger partial charge on any atom is -0.352 e. The van der Waals surface area contributed by atoms with Crippen molar-refractivity contribution < 1.29 is 4.79 Å². The molecule has 0 radical (unpaired) electrons. The van der Waals surface area contributed by atoms with Crippen LogP contribution < -0.4 is 10.6 Å². The zero-order chi connectivity index (χ0) is 11.5. The lowest BCUT2D eigenvalue weighted by molar-refractivity contribution is -0.124. The van der Waals surface area contributed by atoms with Crippen LogP contribution in [0.25, 0.3) is 0 Å². The molecule has 1 heterocycles. The van der Waals surface area contributed by atoms with Crippen LogP contribution in [0.5, 0.6) is 0 Å². The summed E-state index contributed by atoms with van der Waals surface area (Å²) in [4.78, 5) is 12.1. The summed E-state index contributed by atoms with van der Waals surface area (Å²) in [5, 5.41) is 6.54. The number of nitrogens with one attached hydrogen (secondary N) is 2. The summed E-state index contributed by atoms with van der Waals surface area (Å²) in [6.07, 6.45) is 6.14. The van der Waals surface area contributed by atoms with Gasteiger partial charge in [-0.15, -0.1) is 0 Å². The average Bonchev–Trinajstić information content (AvgIpc) is 2.68. The molecule has 2 N–H and O–H groups in total. The molecule has 2 aliphatic rings. The van der Waals surface area contributed by atoms with E-state index < -0.39 is 0 Å². The summed E-state index contributed by atoms with van der Waals surface area (Å²) in [7, 11) is 0. The summed E-state index contributed by atoms with van der Waals surface area (Å²) >= 11 is 0. The van der Waals surface area contributed by atoms with E-state index in [1.165, 1.54) is 19.3 Å². The third kappa shape index (κ3) is 2.57. The van der Waals surface area contributed by atoms with Gasteiger partial charge in [0.05, 0.1) is 6.04 Å². The molecule has 2 fully saturated rings. The summed E-state index contributed by atoms with van der Waals surface area (Å²) in [6, 6.07) is 0.463. The van der Waals surface area contributed by atoms with Crippen LogP contribution in [-0.2, 0) is 4.79 Å². The van der Waals surface area contributed by atoms with Crippen molar-refractivity contribution >= 4 is 5.91 Å². The first-order valence-corrected chi connectivity index (χ1v) is 6.72. The van der Waals surface area contributed by atoms with Crippen molar-refractivity contribution in [3.05, 3.63) is 0 Å². The van der Waals surface area contributed by atoms with E-state index in [2.05, 4.69) is 24.5 Å². The molecule has 1 saturated carbocycles. The van der Waals surface area contributed by atoms with Crippen molar-refractivity contribution in [2.75, 3.05) is 6.54 Å². The number of amides is 1. The van der Waals surface area contributed by atoms with Crippen LogP contribution in [-0.4, -0.2) is 24.5 Å². The van der Waals surface area contributed by atoms with Crippen LogP contribution in [0.15, 0.2) is 0 Å². The number of hydrogen-bond donors (Lipinski definition) is 2. The monoisotopic (exact) mass is 224 g/mol. The second-order valence-corrected chi connectivity index (χ2v) is 5.57. The zero-order valence-corrected chi connectivity index (χ0v) is 10.5. The standard InChI is InChI=1S/C13H24N2O/c1-9-5-3-4-6-11(9)15-13(16)12-10(2)7-8-14-12/h9-12,14H,3-8H2,1-2H3,(H,15,16). The van der Waals surface area contributed by atoms with Gasteiger partial charge in [0.25, 0.3) is 0 Å². The van der Waals surface area contributed by atoms with Gasteiger partial charge in [-0.2, -0.15) is 0 Å².